The number of thiocarbonyl (C=S) groups is 1. The first kappa shape index (κ1) is 56.9. The summed E-state index contributed by atoms with van der Waals surface area (Å²) in [6.45, 7) is 15.8. The van der Waals surface area contributed by atoms with Crippen LogP contribution in [0.2, 0.25) is 0 Å². The topological polar surface area (TPSA) is 218 Å². The first-order valence-electron chi connectivity index (χ1n) is 22.2. The maximum absolute atomic E-state index is 15.8. The van der Waals surface area contributed by atoms with Crippen LogP contribution in [0.25, 0.3) is 11.1 Å². The molecule has 21 heteroatoms. The Kier molecular flexibility index (Phi) is 28.1. The summed E-state index contributed by atoms with van der Waals surface area (Å²) < 4.78 is 91.4. The van der Waals surface area contributed by atoms with Gasteiger partial charge in [-0.2, -0.15) is 0 Å². The molecule has 1 aliphatic heterocycles. The molecule has 0 aliphatic carbocycles. The minimum atomic E-state index is -4.24. The standard InChI is InChI=1S/C46H68FN5O13S2/c1-5-41(46(54)52-13-16-65-42-8-6-38(32-40(42)34-52)39-7-9-43(48)51-33-39)35(2)45(47)36(3)67(55,56)31-12-50-44(53)10-14-57-17-19-59-21-23-61-25-27-63-29-30-64-28-26-62-24-22-60-20-18-58-15-11-49-37(4)66/h5-9,32-33H,3,10-31,34H2,1-2,4H3,(H2,48,51)(H,49,66)(H,50,53)/b41-5+,45-35+. The molecule has 2 heterocycles. The lowest BCUT2D eigenvalue weighted by molar-refractivity contribution is -0.127. The molecule has 1 aromatic carbocycles. The highest BCUT2D eigenvalue weighted by Gasteiger charge is 2.28. The lowest BCUT2D eigenvalue weighted by Gasteiger charge is -2.22. The summed E-state index contributed by atoms with van der Waals surface area (Å²) in [7, 11) is -4.24. The van der Waals surface area contributed by atoms with Crippen LogP contribution < -0.4 is 21.1 Å². The molecule has 0 saturated heterocycles. The largest absolute Gasteiger partial charge is 0.491 e. The molecule has 0 fully saturated rings. The van der Waals surface area contributed by atoms with Gasteiger partial charge in [-0.15, -0.1) is 0 Å². The fourth-order valence-corrected chi connectivity index (χ4v) is 7.25. The van der Waals surface area contributed by atoms with Crippen LogP contribution in [0.5, 0.6) is 5.75 Å². The first-order chi connectivity index (χ1) is 32.3. The first-order valence-corrected chi connectivity index (χ1v) is 24.2. The summed E-state index contributed by atoms with van der Waals surface area (Å²) in [5, 5.41) is 5.52. The number of allylic oxidation sites excluding steroid dienone is 2. The molecule has 0 unspecified atom stereocenters. The SMILES string of the molecule is C=C(/C(F)=C(C)\C(=C/C)C(=O)N1CCOc2ccc(-c3ccc(N)nc3)cc2C1)S(=O)(=O)CCNC(=O)CCOCCOCCOCCOCCOCCOCCOCCOCCNC(C)=S. The molecule has 4 N–H and O–H groups in total. The van der Waals surface area contributed by atoms with Crippen LogP contribution in [0, 0.1) is 0 Å². The second kappa shape index (κ2) is 33.1. The zero-order valence-corrected chi connectivity index (χ0v) is 40.6. The van der Waals surface area contributed by atoms with Crippen LogP contribution in [0.3, 0.4) is 0 Å². The fraction of sp³-hybridized carbons (Fsp3) is 0.565. The van der Waals surface area contributed by atoms with Crippen LogP contribution >= 0.6 is 12.2 Å². The van der Waals surface area contributed by atoms with Crippen molar-refractivity contribution in [1.82, 2.24) is 20.5 Å². The normalized spacial score (nSPS) is 13.3. The molecule has 18 nitrogen and oxygen atoms in total. The molecule has 3 rings (SSSR count). The zero-order valence-electron chi connectivity index (χ0n) is 39.0. The number of rotatable bonds is 35. The number of benzene rings is 1. The number of ether oxygens (including phenoxy) is 9. The highest BCUT2D eigenvalue weighted by atomic mass is 32.2. The minimum absolute atomic E-state index is 0.0131. The van der Waals surface area contributed by atoms with E-state index < -0.39 is 38.1 Å². The van der Waals surface area contributed by atoms with Crippen molar-refractivity contribution < 1.29 is 65.0 Å². The van der Waals surface area contributed by atoms with Crippen molar-refractivity contribution in [2.45, 2.75) is 33.7 Å². The number of sulfone groups is 1. The molecule has 2 amide bonds. The van der Waals surface area contributed by atoms with Gasteiger partial charge in [-0.3, -0.25) is 9.59 Å². The maximum atomic E-state index is 15.8. The molecule has 2 aromatic rings. The average Bonchev–Trinajstić information content (AvgIpc) is 3.53. The Labute approximate surface area is 399 Å². The molecule has 0 spiro atoms. The van der Waals surface area contributed by atoms with Crippen molar-refractivity contribution in [2.24, 2.45) is 0 Å². The number of carbonyl (C=O) groups is 2. The van der Waals surface area contributed by atoms with E-state index in [2.05, 4.69) is 22.2 Å². The minimum Gasteiger partial charge on any atom is -0.491 e. The summed E-state index contributed by atoms with van der Waals surface area (Å²) in [5.74, 6) is -1.67. The number of hydrogen-bond donors (Lipinski definition) is 3. The monoisotopic (exact) mass is 981 g/mol. The molecule has 1 aliphatic rings. The van der Waals surface area contributed by atoms with E-state index in [0.717, 1.165) is 21.7 Å². The number of anilines is 1. The molecule has 0 atom stereocenters. The van der Waals surface area contributed by atoms with Gasteiger partial charge in [-0.25, -0.2) is 17.8 Å². The van der Waals surface area contributed by atoms with E-state index in [0.29, 0.717) is 111 Å². The van der Waals surface area contributed by atoms with Crippen molar-refractivity contribution in [2.75, 3.05) is 143 Å². The number of nitrogen functional groups attached to an aromatic ring is 1. The summed E-state index contributed by atoms with van der Waals surface area (Å²) in [6, 6.07) is 9.13. The van der Waals surface area contributed by atoms with Crippen LogP contribution in [0.1, 0.15) is 32.8 Å². The number of amides is 2. The molecular formula is C46H68FN5O13S2. The van der Waals surface area contributed by atoms with Gasteiger partial charge in [0.25, 0.3) is 5.91 Å². The summed E-state index contributed by atoms with van der Waals surface area (Å²) in [4.78, 5) is 31.7. The summed E-state index contributed by atoms with van der Waals surface area (Å²) >= 11 is 4.93. The Morgan fingerprint density at radius 1 is 0.806 bits per heavy atom. The highest BCUT2D eigenvalue weighted by Crippen LogP contribution is 2.31. The van der Waals surface area contributed by atoms with Crippen LogP contribution in [-0.4, -0.2) is 173 Å². The van der Waals surface area contributed by atoms with Gasteiger partial charge in [0.1, 0.15) is 24.0 Å². The number of nitrogens with zero attached hydrogens (tertiary/aromatic N) is 2. The summed E-state index contributed by atoms with van der Waals surface area (Å²) in [6.07, 6.45) is 3.07. The molecule has 0 radical (unpaired) electrons. The van der Waals surface area contributed by atoms with E-state index in [1.54, 1.807) is 19.2 Å². The Morgan fingerprint density at radius 2 is 1.33 bits per heavy atom. The lowest BCUT2D eigenvalue weighted by Crippen LogP contribution is -2.34. The number of nitrogens with one attached hydrogen (secondary N) is 2. The number of pyridine rings is 1. The quantitative estimate of drug-likeness (QED) is 0.0388. The Hall–Kier alpha value is -4.42. The molecule has 0 bridgehead atoms. The van der Waals surface area contributed by atoms with Crippen molar-refractivity contribution in [1.29, 1.82) is 0 Å². The van der Waals surface area contributed by atoms with Crippen molar-refractivity contribution in [3.05, 3.63) is 76.6 Å². The molecule has 1 aromatic heterocycles. The van der Waals surface area contributed by atoms with Gasteiger partial charge >= 0.3 is 0 Å². The van der Waals surface area contributed by atoms with Crippen molar-refractivity contribution in [3.8, 4) is 16.9 Å². The number of fused-ring (bicyclic) bond motifs is 1. The molecule has 67 heavy (non-hydrogen) atoms. The Bertz CT molecular complexity index is 2010. The highest BCUT2D eigenvalue weighted by molar-refractivity contribution is 7.95. The van der Waals surface area contributed by atoms with E-state index in [1.807, 2.05) is 31.2 Å². The second-order valence-electron chi connectivity index (χ2n) is 14.7. The number of hydrogen-bond acceptors (Lipinski definition) is 16. The summed E-state index contributed by atoms with van der Waals surface area (Å²) in [5.41, 5.74) is 7.96. The second-order valence-corrected chi connectivity index (χ2v) is 17.5. The van der Waals surface area contributed by atoms with Gasteiger partial charge in [0, 0.05) is 49.0 Å². The third-order valence-corrected chi connectivity index (χ3v) is 11.5. The van der Waals surface area contributed by atoms with Gasteiger partial charge in [-0.1, -0.05) is 30.9 Å². The van der Waals surface area contributed by atoms with Gasteiger partial charge in [-0.05, 0) is 56.2 Å². The third-order valence-electron chi connectivity index (χ3n) is 9.71. The van der Waals surface area contributed by atoms with E-state index in [-0.39, 0.29) is 57.0 Å². The molecular weight excluding hydrogens is 914 g/mol. The van der Waals surface area contributed by atoms with E-state index in [4.69, 9.17) is 60.6 Å². The van der Waals surface area contributed by atoms with Crippen LogP contribution in [0.15, 0.2) is 71.1 Å². The fourth-order valence-electron chi connectivity index (χ4n) is 6.10. The van der Waals surface area contributed by atoms with Gasteiger partial charge < -0.3 is 63.9 Å². The number of nitrogens with two attached hydrogens (primary N) is 1. The third kappa shape index (κ3) is 23.0. The van der Waals surface area contributed by atoms with E-state index >= 15 is 4.39 Å². The van der Waals surface area contributed by atoms with Crippen molar-refractivity contribution >= 4 is 44.7 Å². The van der Waals surface area contributed by atoms with E-state index in [1.165, 1.54) is 17.9 Å². The zero-order chi connectivity index (χ0) is 48.7. The lowest BCUT2D eigenvalue weighted by atomic mass is 10.0. The smallest absolute Gasteiger partial charge is 0.254 e. The van der Waals surface area contributed by atoms with Crippen molar-refractivity contribution in [3.63, 3.8) is 0 Å². The number of halogens is 1. The van der Waals surface area contributed by atoms with Gasteiger partial charge in [0.15, 0.2) is 9.84 Å². The average molecular weight is 982 g/mol. The van der Waals surface area contributed by atoms with Gasteiger partial charge in [0.05, 0.1) is 128 Å². The Balaban J connectivity index is 1.19. The maximum Gasteiger partial charge on any atom is 0.254 e. The van der Waals surface area contributed by atoms with Crippen LogP contribution in [0.4, 0.5) is 10.2 Å². The predicted octanol–water partition coefficient (Wildman–Crippen LogP) is 3.75. The Morgan fingerprint density at radius 3 is 1.84 bits per heavy atom. The van der Waals surface area contributed by atoms with E-state index in [9.17, 15) is 18.0 Å². The number of aromatic nitrogens is 1. The molecule has 0 saturated carbocycles. The number of carbonyl (C=O) groups excluding carboxylic acids is 2. The van der Waals surface area contributed by atoms with Gasteiger partial charge in [0.2, 0.25) is 5.91 Å². The predicted molar refractivity (Wildman–Crippen MR) is 256 cm³/mol. The molecule has 374 valence electrons. The van der Waals surface area contributed by atoms with Crippen LogP contribution in [-0.2, 0) is 63.9 Å².